The highest BCUT2D eigenvalue weighted by Crippen LogP contribution is 2.44. The van der Waals surface area contributed by atoms with Crippen LogP contribution in [0.25, 0.3) is 0 Å². The van der Waals surface area contributed by atoms with Gasteiger partial charge in [0.25, 0.3) is 0 Å². The third kappa shape index (κ3) is 3.28. The highest BCUT2D eigenvalue weighted by atomic mass is 35.5. The van der Waals surface area contributed by atoms with Crippen molar-refractivity contribution in [2.24, 2.45) is 0 Å². The molecule has 0 saturated heterocycles. The van der Waals surface area contributed by atoms with Gasteiger partial charge in [0.1, 0.15) is 5.60 Å². The maximum Gasteiger partial charge on any atom is 0.309 e. The largest absolute Gasteiger partial charge is 0.484 e. The number of hydrogen-bond acceptors (Lipinski definition) is 3. The van der Waals surface area contributed by atoms with Gasteiger partial charge in [-0.25, -0.2) is 0 Å². The van der Waals surface area contributed by atoms with Gasteiger partial charge in [-0.3, -0.25) is 4.79 Å². The summed E-state index contributed by atoms with van der Waals surface area (Å²) in [4.78, 5) is 11.4. The number of halogens is 3. The monoisotopic (exact) mass is 322 g/mol. The average Bonchev–Trinajstić information content (AvgIpc) is 2.29. The zero-order chi connectivity index (χ0) is 14.0. The highest BCUT2D eigenvalue weighted by molar-refractivity contribution is 6.40. The van der Waals surface area contributed by atoms with E-state index in [1.54, 1.807) is 12.1 Å². The van der Waals surface area contributed by atoms with Crippen LogP contribution in [0.5, 0.6) is 5.75 Å². The highest BCUT2D eigenvalue weighted by Gasteiger charge is 2.42. The van der Waals surface area contributed by atoms with Crippen molar-refractivity contribution in [2.75, 3.05) is 7.11 Å². The van der Waals surface area contributed by atoms with E-state index in [0.717, 1.165) is 19.3 Å². The molecule has 0 atom stereocenters. The lowest BCUT2D eigenvalue weighted by Gasteiger charge is -2.41. The van der Waals surface area contributed by atoms with Crippen LogP contribution in [-0.4, -0.2) is 18.7 Å². The number of carbonyl (C=O) groups excluding carboxylic acids is 1. The van der Waals surface area contributed by atoms with Gasteiger partial charge in [0.05, 0.1) is 23.6 Å². The van der Waals surface area contributed by atoms with E-state index in [9.17, 15) is 4.79 Å². The minimum Gasteiger partial charge on any atom is -0.484 e. The van der Waals surface area contributed by atoms with Crippen LogP contribution in [0.3, 0.4) is 0 Å². The SMILES string of the molecule is COC(=O)CC1(Oc2c(Cl)cc(Cl)cc2Cl)CCC1. The first-order chi connectivity index (χ1) is 8.96. The molecule has 0 aliphatic heterocycles. The van der Waals surface area contributed by atoms with Crippen LogP contribution in [0.1, 0.15) is 25.7 Å². The summed E-state index contributed by atoms with van der Waals surface area (Å²) in [5, 5.41) is 1.13. The van der Waals surface area contributed by atoms with Crippen LogP contribution in [-0.2, 0) is 9.53 Å². The number of carbonyl (C=O) groups is 1. The van der Waals surface area contributed by atoms with E-state index in [1.807, 2.05) is 0 Å². The first-order valence-corrected chi connectivity index (χ1v) is 6.99. The van der Waals surface area contributed by atoms with Gasteiger partial charge >= 0.3 is 5.97 Å². The molecule has 1 saturated carbocycles. The fourth-order valence-corrected chi connectivity index (χ4v) is 2.96. The Bertz CT molecular complexity index is 475. The van der Waals surface area contributed by atoms with E-state index in [0.29, 0.717) is 20.8 Å². The molecule has 19 heavy (non-hydrogen) atoms. The van der Waals surface area contributed by atoms with Gasteiger partial charge in [-0.15, -0.1) is 0 Å². The summed E-state index contributed by atoms with van der Waals surface area (Å²) in [6.45, 7) is 0. The standard InChI is InChI=1S/C13H13Cl3O3/c1-18-11(17)7-13(3-2-4-13)19-12-9(15)5-8(14)6-10(12)16/h5-6H,2-4,7H2,1H3. The van der Waals surface area contributed by atoms with Gasteiger partial charge in [-0.2, -0.15) is 0 Å². The molecule has 0 bridgehead atoms. The summed E-state index contributed by atoms with van der Waals surface area (Å²) in [5.41, 5.74) is -0.561. The molecule has 2 rings (SSSR count). The number of methoxy groups -OCH3 is 1. The molecule has 0 unspecified atom stereocenters. The molecule has 1 aromatic carbocycles. The number of hydrogen-bond donors (Lipinski definition) is 0. The molecule has 0 N–H and O–H groups in total. The van der Waals surface area contributed by atoms with Crippen molar-refractivity contribution in [3.05, 3.63) is 27.2 Å². The Morgan fingerprint density at radius 1 is 1.26 bits per heavy atom. The third-order valence-corrected chi connectivity index (χ3v) is 4.02. The minimum absolute atomic E-state index is 0.193. The molecule has 1 aromatic rings. The van der Waals surface area contributed by atoms with Crippen molar-refractivity contribution in [2.45, 2.75) is 31.3 Å². The van der Waals surface area contributed by atoms with Crippen LogP contribution >= 0.6 is 34.8 Å². The second-order valence-corrected chi connectivity index (χ2v) is 5.84. The topological polar surface area (TPSA) is 35.5 Å². The zero-order valence-corrected chi connectivity index (χ0v) is 12.6. The first-order valence-electron chi connectivity index (χ1n) is 5.86. The zero-order valence-electron chi connectivity index (χ0n) is 10.3. The average molecular weight is 324 g/mol. The molecule has 0 spiro atoms. The van der Waals surface area contributed by atoms with Gasteiger partial charge in [-0.1, -0.05) is 34.8 Å². The van der Waals surface area contributed by atoms with Crippen LogP contribution < -0.4 is 4.74 Å². The summed E-state index contributed by atoms with van der Waals surface area (Å²) in [6, 6.07) is 3.13. The summed E-state index contributed by atoms with van der Waals surface area (Å²) in [5.74, 6) is 0.0669. The smallest absolute Gasteiger partial charge is 0.309 e. The van der Waals surface area contributed by atoms with Gasteiger partial charge in [0, 0.05) is 5.02 Å². The molecule has 1 fully saturated rings. The van der Waals surface area contributed by atoms with E-state index >= 15 is 0 Å². The van der Waals surface area contributed by atoms with Crippen molar-refractivity contribution >= 4 is 40.8 Å². The Kier molecular flexibility index (Phi) is 4.49. The predicted molar refractivity (Wildman–Crippen MR) is 75.3 cm³/mol. The van der Waals surface area contributed by atoms with E-state index in [2.05, 4.69) is 0 Å². The normalized spacial score (nSPS) is 16.6. The molecule has 0 aromatic heterocycles. The minimum atomic E-state index is -0.561. The van der Waals surface area contributed by atoms with Crippen molar-refractivity contribution in [1.29, 1.82) is 0 Å². The molecule has 3 nitrogen and oxygen atoms in total. The second kappa shape index (κ2) is 5.78. The fraction of sp³-hybridized carbons (Fsp3) is 0.462. The van der Waals surface area contributed by atoms with Gasteiger partial charge in [-0.05, 0) is 31.4 Å². The number of ether oxygens (including phenoxy) is 2. The van der Waals surface area contributed by atoms with Crippen molar-refractivity contribution in [3.8, 4) is 5.75 Å². The Balaban J connectivity index is 2.21. The quantitative estimate of drug-likeness (QED) is 0.765. The van der Waals surface area contributed by atoms with Gasteiger partial charge < -0.3 is 9.47 Å². The van der Waals surface area contributed by atoms with Crippen LogP contribution in [0, 0.1) is 0 Å². The molecule has 1 aliphatic rings. The van der Waals surface area contributed by atoms with E-state index in [1.165, 1.54) is 7.11 Å². The second-order valence-electron chi connectivity index (χ2n) is 4.59. The molecule has 0 amide bonds. The lowest BCUT2D eigenvalue weighted by Crippen LogP contribution is -2.45. The maximum absolute atomic E-state index is 11.4. The summed E-state index contributed by atoms with van der Waals surface area (Å²) in [6.07, 6.45) is 2.74. The van der Waals surface area contributed by atoms with Crippen LogP contribution in [0.2, 0.25) is 15.1 Å². The predicted octanol–water partition coefficient (Wildman–Crippen LogP) is 4.51. The Labute approximate surface area is 126 Å². The summed E-state index contributed by atoms with van der Waals surface area (Å²) in [7, 11) is 1.36. The number of benzene rings is 1. The number of rotatable bonds is 4. The molecule has 0 heterocycles. The van der Waals surface area contributed by atoms with Crippen molar-refractivity contribution < 1.29 is 14.3 Å². The van der Waals surface area contributed by atoms with Crippen LogP contribution in [0.15, 0.2) is 12.1 Å². The fourth-order valence-electron chi connectivity index (χ4n) is 2.06. The lowest BCUT2D eigenvalue weighted by molar-refractivity contribution is -0.148. The van der Waals surface area contributed by atoms with E-state index in [4.69, 9.17) is 44.3 Å². The van der Waals surface area contributed by atoms with Crippen molar-refractivity contribution in [1.82, 2.24) is 0 Å². The Morgan fingerprint density at radius 3 is 2.26 bits per heavy atom. The third-order valence-electron chi connectivity index (χ3n) is 3.24. The van der Waals surface area contributed by atoms with Gasteiger partial charge in [0.2, 0.25) is 0 Å². The van der Waals surface area contributed by atoms with Crippen molar-refractivity contribution in [3.63, 3.8) is 0 Å². The molecule has 0 radical (unpaired) electrons. The van der Waals surface area contributed by atoms with Gasteiger partial charge in [0.15, 0.2) is 5.75 Å². The molecular weight excluding hydrogens is 310 g/mol. The molecular formula is C13H13Cl3O3. The lowest BCUT2D eigenvalue weighted by atomic mass is 9.77. The first kappa shape index (κ1) is 14.8. The molecule has 6 heteroatoms. The Hall–Kier alpha value is -0.640. The van der Waals surface area contributed by atoms with Crippen LogP contribution in [0.4, 0.5) is 0 Å². The maximum atomic E-state index is 11.4. The van der Waals surface area contributed by atoms with E-state index in [-0.39, 0.29) is 12.4 Å². The molecule has 104 valence electrons. The summed E-state index contributed by atoms with van der Waals surface area (Å²) < 4.78 is 10.6. The molecule has 1 aliphatic carbocycles. The van der Waals surface area contributed by atoms with E-state index < -0.39 is 5.60 Å². The number of esters is 1. The Morgan fingerprint density at radius 2 is 1.84 bits per heavy atom. The summed E-state index contributed by atoms with van der Waals surface area (Å²) >= 11 is 18.0.